The quantitative estimate of drug-likeness (QED) is 0.261. The first-order valence-electron chi connectivity index (χ1n) is 13.1. The average molecular weight is 494 g/mol. The molecule has 0 radical (unpaired) electrons. The van der Waals surface area contributed by atoms with Crippen molar-refractivity contribution in [2.45, 2.75) is 58.4 Å². The van der Waals surface area contributed by atoms with Crippen LogP contribution in [0.2, 0.25) is 0 Å². The lowest BCUT2D eigenvalue weighted by molar-refractivity contribution is -0.122. The van der Waals surface area contributed by atoms with Gasteiger partial charge in [0.2, 0.25) is 17.7 Å². The molecule has 5 aromatic rings. The maximum absolute atomic E-state index is 12.7. The summed E-state index contributed by atoms with van der Waals surface area (Å²) in [5, 5.41) is 14.0. The fourth-order valence-corrected chi connectivity index (χ4v) is 5.04. The van der Waals surface area contributed by atoms with E-state index in [4.69, 9.17) is 9.40 Å². The number of fused-ring (bicyclic) bond motifs is 3. The number of aromatic nitrogens is 4. The minimum atomic E-state index is -0.365. The van der Waals surface area contributed by atoms with Crippen molar-refractivity contribution in [1.29, 1.82) is 0 Å². The van der Waals surface area contributed by atoms with Crippen molar-refractivity contribution in [2.24, 2.45) is 5.92 Å². The van der Waals surface area contributed by atoms with Gasteiger partial charge in [-0.25, -0.2) is 4.98 Å². The second-order valence-corrected chi connectivity index (χ2v) is 10.4. The number of benzene rings is 2. The highest BCUT2D eigenvalue weighted by Crippen LogP contribution is 2.44. The van der Waals surface area contributed by atoms with Crippen LogP contribution in [0.3, 0.4) is 0 Å². The maximum atomic E-state index is 12.7. The van der Waals surface area contributed by atoms with Gasteiger partial charge >= 0.3 is 0 Å². The van der Waals surface area contributed by atoms with E-state index in [9.17, 15) is 4.79 Å². The highest BCUT2D eigenvalue weighted by molar-refractivity contribution is 6.08. The number of para-hydroxylation sites is 1. The van der Waals surface area contributed by atoms with Gasteiger partial charge in [-0.15, -0.1) is 10.2 Å². The molecule has 3 aromatic heterocycles. The molecule has 7 heteroatoms. The van der Waals surface area contributed by atoms with E-state index in [1.54, 1.807) is 0 Å². The number of aromatic amines is 1. The second-order valence-electron chi connectivity index (χ2n) is 10.4. The fourth-order valence-electron chi connectivity index (χ4n) is 5.04. The lowest BCUT2D eigenvalue weighted by Gasteiger charge is -2.18. The van der Waals surface area contributed by atoms with Gasteiger partial charge in [-0.05, 0) is 55.2 Å². The molecule has 1 amide bonds. The molecule has 3 heterocycles. The van der Waals surface area contributed by atoms with E-state index in [-0.39, 0.29) is 17.9 Å². The Morgan fingerprint density at radius 2 is 1.89 bits per heavy atom. The van der Waals surface area contributed by atoms with Crippen LogP contribution in [0.1, 0.15) is 67.8 Å². The normalized spacial score (nSPS) is 14.5. The molecule has 1 aliphatic rings. The van der Waals surface area contributed by atoms with Crippen LogP contribution in [0.25, 0.3) is 33.4 Å². The molecule has 188 valence electrons. The summed E-state index contributed by atoms with van der Waals surface area (Å²) in [6.45, 7) is 6.03. The maximum Gasteiger partial charge on any atom is 0.249 e. The summed E-state index contributed by atoms with van der Waals surface area (Å²) < 4.78 is 6.16. The van der Waals surface area contributed by atoms with E-state index in [0.29, 0.717) is 30.5 Å². The molecule has 1 aliphatic carbocycles. The number of amides is 1. The summed E-state index contributed by atoms with van der Waals surface area (Å²) in [5.41, 5.74) is 6.18. The van der Waals surface area contributed by atoms with Crippen molar-refractivity contribution in [3.8, 4) is 11.5 Å². The van der Waals surface area contributed by atoms with Gasteiger partial charge in [0.25, 0.3) is 0 Å². The Balaban J connectivity index is 1.27. The van der Waals surface area contributed by atoms with Crippen molar-refractivity contribution < 1.29 is 9.21 Å². The number of H-pyrrole nitrogens is 1. The molecule has 0 saturated heterocycles. The molecule has 1 unspecified atom stereocenters. The summed E-state index contributed by atoms with van der Waals surface area (Å²) in [4.78, 5) is 21.1. The molecule has 1 saturated carbocycles. The minimum Gasteiger partial charge on any atom is -0.418 e. The Morgan fingerprint density at radius 1 is 1.08 bits per heavy atom. The molecule has 0 aliphatic heterocycles. The Kier molecular flexibility index (Phi) is 5.99. The van der Waals surface area contributed by atoms with E-state index in [1.807, 2.05) is 51.1 Å². The molecule has 1 atom stereocenters. The summed E-state index contributed by atoms with van der Waals surface area (Å²) in [5.74, 6) is 1.52. The van der Waals surface area contributed by atoms with Crippen molar-refractivity contribution in [2.75, 3.05) is 0 Å². The van der Waals surface area contributed by atoms with Gasteiger partial charge in [-0.3, -0.25) is 4.79 Å². The smallest absolute Gasteiger partial charge is 0.249 e. The van der Waals surface area contributed by atoms with Gasteiger partial charge in [0.15, 0.2) is 0 Å². The molecule has 6 rings (SSSR count). The number of nitrogens with zero attached hydrogens (tertiary/aromatic N) is 3. The SMILES string of the molecule is Cc1nc2[nH]c3c(C4CC4)cccc3c2cc1-c1nnc(C(NC(=O)CCc2ccccc2)C(C)C)o1. The first-order chi connectivity index (χ1) is 18.0. The molecule has 2 aromatic carbocycles. The van der Waals surface area contributed by atoms with Crippen LogP contribution in [0.5, 0.6) is 0 Å². The third-order valence-corrected chi connectivity index (χ3v) is 7.26. The molecule has 1 fully saturated rings. The standard InChI is InChI=1S/C30H31N5O2/c1-17(2)26(32-25(36)15-12-19-8-5-4-6-9-19)30-35-34-29(37-30)23-16-24-22-11-7-10-21(20-13-14-20)27(22)33-28(24)31-18(23)3/h4-11,16-17,20,26H,12-15H2,1-3H3,(H,31,33)(H,32,36). The number of pyridine rings is 1. The Morgan fingerprint density at radius 3 is 2.65 bits per heavy atom. The van der Waals surface area contributed by atoms with E-state index >= 15 is 0 Å². The monoisotopic (exact) mass is 493 g/mol. The summed E-state index contributed by atoms with van der Waals surface area (Å²) in [6.07, 6.45) is 3.58. The highest BCUT2D eigenvalue weighted by atomic mass is 16.4. The zero-order valence-corrected chi connectivity index (χ0v) is 21.4. The molecular weight excluding hydrogens is 462 g/mol. The predicted octanol–water partition coefficient (Wildman–Crippen LogP) is 6.40. The minimum absolute atomic E-state index is 0.0353. The Bertz CT molecular complexity index is 1580. The Labute approximate surface area is 215 Å². The van der Waals surface area contributed by atoms with Gasteiger partial charge < -0.3 is 14.7 Å². The van der Waals surface area contributed by atoms with Gasteiger partial charge in [-0.2, -0.15) is 0 Å². The van der Waals surface area contributed by atoms with E-state index in [0.717, 1.165) is 27.9 Å². The number of carbonyl (C=O) groups is 1. The third-order valence-electron chi connectivity index (χ3n) is 7.26. The number of hydrogen-bond donors (Lipinski definition) is 2. The molecule has 2 N–H and O–H groups in total. The first kappa shape index (κ1) is 23.4. The number of hydrogen-bond acceptors (Lipinski definition) is 5. The van der Waals surface area contributed by atoms with Crippen LogP contribution in [-0.4, -0.2) is 26.1 Å². The molecule has 7 nitrogen and oxygen atoms in total. The van der Waals surface area contributed by atoms with Gasteiger partial charge in [0.1, 0.15) is 11.7 Å². The van der Waals surface area contributed by atoms with E-state index in [2.05, 4.69) is 44.8 Å². The molecule has 0 spiro atoms. The largest absolute Gasteiger partial charge is 0.418 e. The Hall–Kier alpha value is -4.00. The second kappa shape index (κ2) is 9.47. The van der Waals surface area contributed by atoms with E-state index < -0.39 is 0 Å². The fraction of sp³-hybridized carbons (Fsp3) is 0.333. The predicted molar refractivity (Wildman–Crippen MR) is 144 cm³/mol. The topological polar surface area (TPSA) is 96.7 Å². The first-order valence-corrected chi connectivity index (χ1v) is 13.1. The van der Waals surface area contributed by atoms with Crippen molar-refractivity contribution in [3.63, 3.8) is 0 Å². The molecular formula is C30H31N5O2. The van der Waals surface area contributed by atoms with Crippen molar-refractivity contribution >= 4 is 27.8 Å². The van der Waals surface area contributed by atoms with Crippen LogP contribution < -0.4 is 5.32 Å². The van der Waals surface area contributed by atoms with Crippen LogP contribution in [-0.2, 0) is 11.2 Å². The molecule has 37 heavy (non-hydrogen) atoms. The van der Waals surface area contributed by atoms with Gasteiger partial charge in [-0.1, -0.05) is 62.4 Å². The van der Waals surface area contributed by atoms with Crippen LogP contribution in [0, 0.1) is 12.8 Å². The zero-order chi connectivity index (χ0) is 25.5. The zero-order valence-electron chi connectivity index (χ0n) is 21.4. The molecule has 0 bridgehead atoms. The number of nitrogens with one attached hydrogen (secondary N) is 2. The third kappa shape index (κ3) is 4.61. The van der Waals surface area contributed by atoms with Crippen LogP contribution >= 0.6 is 0 Å². The summed E-state index contributed by atoms with van der Waals surface area (Å²) in [6, 6.07) is 18.2. The van der Waals surface area contributed by atoms with Crippen LogP contribution in [0.15, 0.2) is 59.0 Å². The van der Waals surface area contributed by atoms with Crippen LogP contribution in [0.4, 0.5) is 0 Å². The highest BCUT2D eigenvalue weighted by Gasteiger charge is 2.28. The van der Waals surface area contributed by atoms with Gasteiger partial charge in [0, 0.05) is 17.2 Å². The van der Waals surface area contributed by atoms with Crippen molar-refractivity contribution in [1.82, 2.24) is 25.5 Å². The van der Waals surface area contributed by atoms with Crippen molar-refractivity contribution in [3.05, 3.63) is 77.3 Å². The lowest BCUT2D eigenvalue weighted by atomic mass is 10.0. The summed E-state index contributed by atoms with van der Waals surface area (Å²) >= 11 is 0. The number of carbonyl (C=O) groups excluding carboxylic acids is 1. The lowest BCUT2D eigenvalue weighted by Crippen LogP contribution is -2.32. The van der Waals surface area contributed by atoms with Gasteiger partial charge in [0.05, 0.1) is 16.8 Å². The number of aryl methyl sites for hydroxylation is 2. The van der Waals surface area contributed by atoms with E-state index in [1.165, 1.54) is 29.3 Å². The summed E-state index contributed by atoms with van der Waals surface area (Å²) in [7, 11) is 0. The number of rotatable bonds is 8. The average Bonchev–Trinajstić information content (AvgIpc) is 3.52.